The van der Waals surface area contributed by atoms with Gasteiger partial charge < -0.3 is 0 Å². The van der Waals surface area contributed by atoms with Gasteiger partial charge >= 0.3 is 0 Å². The zero-order valence-corrected chi connectivity index (χ0v) is 9.51. The maximum Gasteiger partial charge on any atom is 0.00178 e. The molecule has 0 aliphatic heterocycles. The van der Waals surface area contributed by atoms with Gasteiger partial charge in [-0.1, -0.05) is 30.7 Å². The Morgan fingerprint density at radius 2 is 2.00 bits per heavy atom. The summed E-state index contributed by atoms with van der Waals surface area (Å²) in [5.41, 5.74) is 4.77. The number of rotatable bonds is 0. The van der Waals surface area contributed by atoms with Crippen molar-refractivity contribution in [2.45, 2.75) is 40.0 Å². The van der Waals surface area contributed by atoms with Crippen LogP contribution >= 0.6 is 0 Å². The minimum Gasteiger partial charge on any atom is -0.0841 e. The second kappa shape index (κ2) is 3.76. The third kappa shape index (κ3) is 1.58. The first kappa shape index (κ1) is 9.76. The molecule has 0 heterocycles. The summed E-state index contributed by atoms with van der Waals surface area (Å²) in [4.78, 5) is 0. The van der Waals surface area contributed by atoms with E-state index in [1.807, 2.05) is 0 Å². The summed E-state index contributed by atoms with van der Waals surface area (Å²) in [7, 11) is 0. The fraction of sp³-hybridized carbons (Fsp3) is 0.571. The van der Waals surface area contributed by atoms with E-state index < -0.39 is 0 Å². The molecule has 0 saturated heterocycles. The molecule has 0 amide bonds. The Hall–Kier alpha value is -0.780. The first-order valence-electron chi connectivity index (χ1n) is 5.74. The average Bonchev–Trinajstić information content (AvgIpc) is 2.32. The van der Waals surface area contributed by atoms with Crippen LogP contribution in [0.5, 0.6) is 0 Å². The molecule has 0 aromatic rings. The molecule has 0 heteroatoms. The van der Waals surface area contributed by atoms with E-state index in [-0.39, 0.29) is 0 Å². The van der Waals surface area contributed by atoms with E-state index in [0.717, 1.165) is 12.3 Å². The minimum absolute atomic E-state index is 0.712. The fourth-order valence-electron chi connectivity index (χ4n) is 2.62. The second-order valence-corrected chi connectivity index (χ2v) is 4.72. The molecule has 1 unspecified atom stereocenters. The molecular formula is C14H20. The third-order valence-corrected chi connectivity index (χ3v) is 3.92. The van der Waals surface area contributed by atoms with Gasteiger partial charge in [0.15, 0.2) is 0 Å². The van der Waals surface area contributed by atoms with E-state index in [0.29, 0.717) is 5.92 Å². The zero-order valence-electron chi connectivity index (χ0n) is 9.51. The monoisotopic (exact) mass is 188 g/mol. The topological polar surface area (TPSA) is 0 Å². The quantitative estimate of drug-likeness (QED) is 0.498. The van der Waals surface area contributed by atoms with Gasteiger partial charge in [-0.05, 0) is 50.2 Å². The average molecular weight is 188 g/mol. The van der Waals surface area contributed by atoms with E-state index in [9.17, 15) is 0 Å². The first-order chi connectivity index (χ1) is 6.70. The van der Waals surface area contributed by atoms with E-state index >= 15 is 0 Å². The summed E-state index contributed by atoms with van der Waals surface area (Å²) in [5, 5.41) is 0. The van der Waals surface area contributed by atoms with Gasteiger partial charge in [-0.15, -0.1) is 0 Å². The van der Waals surface area contributed by atoms with Crippen molar-refractivity contribution >= 4 is 0 Å². The smallest absolute Gasteiger partial charge is 0.00178 e. The predicted molar refractivity (Wildman–Crippen MR) is 62.1 cm³/mol. The Morgan fingerprint density at radius 3 is 2.79 bits per heavy atom. The van der Waals surface area contributed by atoms with Crippen molar-refractivity contribution in [1.29, 1.82) is 0 Å². The molecule has 0 bridgehead atoms. The molecule has 0 N–H and O–H groups in total. The standard InChI is InChI=1S/C14H20/c1-10-8-9-13-6-4-5-7-14(13)12(3)11(10)2/h4,6-7,10,13H,5,8-9H2,1-3H3/t10?,13-/m0/s1. The van der Waals surface area contributed by atoms with Crippen molar-refractivity contribution in [2.24, 2.45) is 11.8 Å². The van der Waals surface area contributed by atoms with Crippen molar-refractivity contribution in [3.63, 3.8) is 0 Å². The molecule has 2 aliphatic rings. The molecule has 0 nitrogen and oxygen atoms in total. The molecule has 0 aromatic carbocycles. The van der Waals surface area contributed by atoms with Crippen LogP contribution in [0.4, 0.5) is 0 Å². The van der Waals surface area contributed by atoms with Gasteiger partial charge in [-0.3, -0.25) is 0 Å². The van der Waals surface area contributed by atoms with Gasteiger partial charge in [0, 0.05) is 5.92 Å². The van der Waals surface area contributed by atoms with Crippen molar-refractivity contribution in [1.82, 2.24) is 0 Å². The number of fused-ring (bicyclic) bond motifs is 1. The lowest BCUT2D eigenvalue weighted by atomic mass is 9.87. The zero-order chi connectivity index (χ0) is 10.1. The summed E-state index contributed by atoms with van der Waals surface area (Å²) in [6.45, 7) is 6.97. The Labute approximate surface area is 87.4 Å². The molecule has 2 aliphatic carbocycles. The second-order valence-electron chi connectivity index (χ2n) is 4.72. The molecule has 0 aromatic heterocycles. The van der Waals surface area contributed by atoms with Crippen molar-refractivity contribution < 1.29 is 0 Å². The summed E-state index contributed by atoms with van der Waals surface area (Å²) in [6.07, 6.45) is 10.9. The third-order valence-electron chi connectivity index (χ3n) is 3.92. The first-order valence-corrected chi connectivity index (χ1v) is 5.74. The highest BCUT2D eigenvalue weighted by molar-refractivity contribution is 5.41. The maximum absolute atomic E-state index is 2.42. The molecule has 2 atom stereocenters. The van der Waals surface area contributed by atoms with Crippen LogP contribution < -0.4 is 0 Å². The Morgan fingerprint density at radius 1 is 1.21 bits per heavy atom. The van der Waals surface area contributed by atoms with Crippen molar-refractivity contribution in [3.05, 3.63) is 34.9 Å². The summed E-state index contributed by atoms with van der Waals surface area (Å²) < 4.78 is 0. The highest BCUT2D eigenvalue weighted by atomic mass is 14.3. The van der Waals surface area contributed by atoms with Crippen LogP contribution in [0.25, 0.3) is 0 Å². The van der Waals surface area contributed by atoms with Gasteiger partial charge in [0.05, 0.1) is 0 Å². The summed E-state index contributed by atoms with van der Waals surface area (Å²) in [5.74, 6) is 1.48. The number of hydrogen-bond donors (Lipinski definition) is 0. The lowest BCUT2D eigenvalue weighted by Gasteiger charge is -2.18. The van der Waals surface area contributed by atoms with Gasteiger partial charge in [0.2, 0.25) is 0 Å². The molecule has 2 rings (SSSR count). The highest BCUT2D eigenvalue weighted by Crippen LogP contribution is 2.37. The van der Waals surface area contributed by atoms with E-state index in [1.165, 1.54) is 12.8 Å². The van der Waals surface area contributed by atoms with Gasteiger partial charge in [-0.25, -0.2) is 0 Å². The predicted octanol–water partition coefficient (Wildman–Crippen LogP) is 4.26. The largest absolute Gasteiger partial charge is 0.0841 e. The van der Waals surface area contributed by atoms with Crippen LogP contribution in [0.1, 0.15) is 40.0 Å². The van der Waals surface area contributed by atoms with Crippen LogP contribution in [0, 0.1) is 11.8 Å². The molecule has 0 fully saturated rings. The Balaban J connectivity index is 2.38. The van der Waals surface area contributed by atoms with Gasteiger partial charge in [0.25, 0.3) is 0 Å². The van der Waals surface area contributed by atoms with E-state index in [2.05, 4.69) is 39.0 Å². The van der Waals surface area contributed by atoms with Crippen LogP contribution in [0.3, 0.4) is 0 Å². The molecule has 14 heavy (non-hydrogen) atoms. The highest BCUT2D eigenvalue weighted by Gasteiger charge is 2.22. The maximum atomic E-state index is 2.42. The van der Waals surface area contributed by atoms with E-state index in [1.54, 1.807) is 16.7 Å². The Kier molecular flexibility index (Phi) is 2.62. The van der Waals surface area contributed by atoms with Crippen molar-refractivity contribution in [2.75, 3.05) is 0 Å². The van der Waals surface area contributed by atoms with Gasteiger partial charge in [-0.2, -0.15) is 0 Å². The van der Waals surface area contributed by atoms with E-state index in [4.69, 9.17) is 0 Å². The fourth-order valence-corrected chi connectivity index (χ4v) is 2.62. The van der Waals surface area contributed by atoms with Gasteiger partial charge in [0.1, 0.15) is 0 Å². The molecule has 0 radical (unpaired) electrons. The molecule has 0 spiro atoms. The SMILES string of the molecule is CC1=C(C)C(C)CC[C@@H]2C=CCC=C12. The van der Waals surface area contributed by atoms with Crippen LogP contribution in [0.15, 0.2) is 34.9 Å². The minimum atomic E-state index is 0.712. The van der Waals surface area contributed by atoms with Crippen molar-refractivity contribution in [3.8, 4) is 0 Å². The number of allylic oxidation sites excluding steroid dienone is 6. The lowest BCUT2D eigenvalue weighted by Crippen LogP contribution is -2.03. The summed E-state index contributed by atoms with van der Waals surface area (Å²) in [6, 6.07) is 0. The van der Waals surface area contributed by atoms with Crippen LogP contribution in [-0.4, -0.2) is 0 Å². The molecule has 76 valence electrons. The molecular weight excluding hydrogens is 168 g/mol. The normalized spacial score (nSPS) is 32.4. The lowest BCUT2D eigenvalue weighted by molar-refractivity contribution is 0.548. The van der Waals surface area contributed by atoms with Crippen LogP contribution in [-0.2, 0) is 0 Å². The summed E-state index contributed by atoms with van der Waals surface area (Å²) >= 11 is 0. The van der Waals surface area contributed by atoms with Crippen LogP contribution in [0.2, 0.25) is 0 Å². The molecule has 0 saturated carbocycles. The Bertz CT molecular complexity index is 315. The number of hydrogen-bond acceptors (Lipinski definition) is 0.